The van der Waals surface area contributed by atoms with E-state index in [0.29, 0.717) is 5.56 Å². The van der Waals surface area contributed by atoms with Crippen molar-refractivity contribution in [2.24, 2.45) is 5.11 Å². The molecule has 1 unspecified atom stereocenters. The van der Waals surface area contributed by atoms with Crippen molar-refractivity contribution in [3.8, 4) is 0 Å². The summed E-state index contributed by atoms with van der Waals surface area (Å²) in [5.41, 5.74) is 9.15. The molecule has 2 rings (SSSR count). The average Bonchev–Trinajstić information content (AvgIpc) is 2.37. The maximum Gasteiger partial charge on any atom is 0.264 e. The van der Waals surface area contributed by atoms with Gasteiger partial charge in [0.05, 0.1) is 0 Å². The predicted molar refractivity (Wildman–Crippen MR) is 51.7 cm³/mol. The number of hydrogen-bond donors (Lipinski definition) is 0. The zero-order chi connectivity index (χ0) is 11.9. The third-order valence-electron chi connectivity index (χ3n) is 2.70. The number of halogens is 3. The SMILES string of the molecule is Cc1cc(F)cc2c1C(N=[N+]=[N-])C(F)(F)C2. The highest BCUT2D eigenvalue weighted by Crippen LogP contribution is 2.47. The van der Waals surface area contributed by atoms with E-state index in [1.54, 1.807) is 0 Å². The van der Waals surface area contributed by atoms with Crippen LogP contribution in [0.2, 0.25) is 0 Å². The van der Waals surface area contributed by atoms with Crippen molar-refractivity contribution in [2.45, 2.75) is 25.3 Å². The molecule has 0 saturated carbocycles. The van der Waals surface area contributed by atoms with Crippen molar-refractivity contribution in [3.05, 3.63) is 45.1 Å². The first-order valence-corrected chi connectivity index (χ1v) is 4.66. The fraction of sp³-hybridized carbons (Fsp3) is 0.400. The van der Waals surface area contributed by atoms with Gasteiger partial charge in [0.1, 0.15) is 11.9 Å². The van der Waals surface area contributed by atoms with Crippen LogP contribution in [0.4, 0.5) is 13.2 Å². The highest BCUT2D eigenvalue weighted by molar-refractivity contribution is 5.44. The molecule has 84 valence electrons. The lowest BCUT2D eigenvalue weighted by Gasteiger charge is -2.15. The minimum Gasteiger partial charge on any atom is -0.207 e. The van der Waals surface area contributed by atoms with Crippen LogP contribution in [0.25, 0.3) is 10.4 Å². The molecule has 0 bridgehead atoms. The summed E-state index contributed by atoms with van der Waals surface area (Å²) in [7, 11) is 0. The summed E-state index contributed by atoms with van der Waals surface area (Å²) in [6.07, 6.45) is -0.579. The van der Waals surface area contributed by atoms with Crippen LogP contribution >= 0.6 is 0 Å². The van der Waals surface area contributed by atoms with Crippen molar-refractivity contribution >= 4 is 0 Å². The molecule has 1 aliphatic rings. The zero-order valence-electron chi connectivity index (χ0n) is 8.41. The van der Waals surface area contributed by atoms with Crippen LogP contribution in [-0.4, -0.2) is 5.92 Å². The van der Waals surface area contributed by atoms with E-state index in [0.717, 1.165) is 6.07 Å². The Hall–Kier alpha value is -1.68. The molecule has 0 N–H and O–H groups in total. The van der Waals surface area contributed by atoms with Crippen LogP contribution in [0.5, 0.6) is 0 Å². The van der Waals surface area contributed by atoms with E-state index in [1.165, 1.54) is 13.0 Å². The Bertz CT molecular complexity index is 492. The number of hydrogen-bond acceptors (Lipinski definition) is 1. The third kappa shape index (κ3) is 1.51. The Morgan fingerprint density at radius 3 is 2.81 bits per heavy atom. The number of fused-ring (bicyclic) bond motifs is 1. The second-order valence-electron chi connectivity index (χ2n) is 3.84. The lowest BCUT2D eigenvalue weighted by Crippen LogP contribution is -2.20. The monoisotopic (exact) mass is 227 g/mol. The molecule has 6 heteroatoms. The van der Waals surface area contributed by atoms with Gasteiger partial charge in [-0.2, -0.15) is 0 Å². The van der Waals surface area contributed by atoms with Gasteiger partial charge in [-0.25, -0.2) is 13.2 Å². The Morgan fingerprint density at radius 1 is 1.50 bits per heavy atom. The van der Waals surface area contributed by atoms with Crippen LogP contribution in [0.3, 0.4) is 0 Å². The smallest absolute Gasteiger partial charge is 0.207 e. The summed E-state index contributed by atoms with van der Waals surface area (Å²) in [5.74, 6) is -3.68. The Labute approximate surface area is 89.5 Å². The number of benzene rings is 1. The van der Waals surface area contributed by atoms with E-state index in [1.807, 2.05) is 0 Å². The summed E-state index contributed by atoms with van der Waals surface area (Å²) in [5, 5.41) is 3.12. The number of alkyl halides is 2. The van der Waals surface area contributed by atoms with Crippen molar-refractivity contribution in [3.63, 3.8) is 0 Å². The van der Waals surface area contributed by atoms with E-state index in [2.05, 4.69) is 10.0 Å². The molecule has 1 aromatic rings. The van der Waals surface area contributed by atoms with Gasteiger partial charge in [-0.1, -0.05) is 5.11 Å². The normalized spacial score (nSPS) is 21.4. The zero-order valence-corrected chi connectivity index (χ0v) is 8.41. The van der Waals surface area contributed by atoms with Gasteiger partial charge in [0.15, 0.2) is 0 Å². The van der Waals surface area contributed by atoms with Gasteiger partial charge in [-0.05, 0) is 41.3 Å². The summed E-state index contributed by atoms with van der Waals surface area (Å²) in [4.78, 5) is 2.43. The molecular weight excluding hydrogens is 219 g/mol. The molecule has 16 heavy (non-hydrogen) atoms. The lowest BCUT2D eigenvalue weighted by atomic mass is 10.0. The van der Waals surface area contributed by atoms with Gasteiger partial charge in [-0.3, -0.25) is 0 Å². The maximum absolute atomic E-state index is 13.5. The number of nitrogens with zero attached hydrogens (tertiary/aromatic N) is 3. The molecule has 0 radical (unpaired) electrons. The quantitative estimate of drug-likeness (QED) is 0.399. The molecule has 1 aliphatic carbocycles. The van der Waals surface area contributed by atoms with Crippen molar-refractivity contribution in [1.29, 1.82) is 0 Å². The minimum absolute atomic E-state index is 0.222. The van der Waals surface area contributed by atoms with Crippen LogP contribution in [0, 0.1) is 12.7 Å². The molecule has 1 atom stereocenters. The highest BCUT2D eigenvalue weighted by Gasteiger charge is 2.48. The molecule has 0 aromatic heterocycles. The fourth-order valence-corrected chi connectivity index (χ4v) is 2.12. The Kier molecular flexibility index (Phi) is 2.31. The molecule has 0 heterocycles. The molecule has 0 aliphatic heterocycles. The highest BCUT2D eigenvalue weighted by atomic mass is 19.3. The molecule has 3 nitrogen and oxygen atoms in total. The number of azide groups is 1. The van der Waals surface area contributed by atoms with E-state index < -0.39 is 24.2 Å². The van der Waals surface area contributed by atoms with Crippen molar-refractivity contribution in [1.82, 2.24) is 0 Å². The van der Waals surface area contributed by atoms with E-state index >= 15 is 0 Å². The van der Waals surface area contributed by atoms with E-state index in [9.17, 15) is 13.2 Å². The van der Waals surface area contributed by atoms with Crippen LogP contribution in [-0.2, 0) is 6.42 Å². The second kappa shape index (κ2) is 3.42. The standard InChI is InChI=1S/C10H8F3N3/c1-5-2-7(11)3-6-4-10(12,13)9(8(5)6)15-16-14/h2-3,9H,4H2,1H3. The van der Waals surface area contributed by atoms with Crippen LogP contribution < -0.4 is 0 Å². The van der Waals surface area contributed by atoms with E-state index in [-0.39, 0.29) is 11.1 Å². The topological polar surface area (TPSA) is 48.8 Å². The second-order valence-corrected chi connectivity index (χ2v) is 3.84. The number of aryl methyl sites for hydroxylation is 1. The Morgan fingerprint density at radius 2 is 2.19 bits per heavy atom. The summed E-state index contributed by atoms with van der Waals surface area (Å²) >= 11 is 0. The number of rotatable bonds is 1. The maximum atomic E-state index is 13.5. The van der Waals surface area contributed by atoms with Crippen LogP contribution in [0.15, 0.2) is 17.2 Å². The van der Waals surface area contributed by atoms with Gasteiger partial charge >= 0.3 is 0 Å². The largest absolute Gasteiger partial charge is 0.264 e. The minimum atomic E-state index is -3.13. The molecule has 0 spiro atoms. The van der Waals surface area contributed by atoms with Gasteiger partial charge in [0.25, 0.3) is 5.92 Å². The molecule has 0 amide bonds. The summed E-state index contributed by atoms with van der Waals surface area (Å²) in [6, 6.07) is 0.719. The lowest BCUT2D eigenvalue weighted by molar-refractivity contribution is -0.0133. The first kappa shape index (κ1) is 10.8. The average molecular weight is 227 g/mol. The van der Waals surface area contributed by atoms with Gasteiger partial charge in [-0.15, -0.1) is 0 Å². The van der Waals surface area contributed by atoms with Gasteiger partial charge < -0.3 is 0 Å². The van der Waals surface area contributed by atoms with Gasteiger partial charge in [0, 0.05) is 11.3 Å². The molecular formula is C10H8F3N3. The van der Waals surface area contributed by atoms with Crippen molar-refractivity contribution in [2.75, 3.05) is 0 Å². The molecule has 0 saturated heterocycles. The summed E-state index contributed by atoms with van der Waals surface area (Å²) in [6.45, 7) is 1.53. The third-order valence-corrected chi connectivity index (χ3v) is 2.70. The Balaban J connectivity index is 2.64. The van der Waals surface area contributed by atoms with E-state index in [4.69, 9.17) is 5.53 Å². The van der Waals surface area contributed by atoms with Gasteiger partial charge in [0.2, 0.25) is 0 Å². The first-order valence-electron chi connectivity index (χ1n) is 4.66. The first-order chi connectivity index (χ1) is 7.45. The predicted octanol–water partition coefficient (Wildman–Crippen LogP) is 3.68. The molecule has 1 aromatic carbocycles. The van der Waals surface area contributed by atoms with Crippen molar-refractivity contribution < 1.29 is 13.2 Å². The molecule has 0 fully saturated rings. The summed E-state index contributed by atoms with van der Waals surface area (Å²) < 4.78 is 40.1. The fourth-order valence-electron chi connectivity index (χ4n) is 2.12. The van der Waals surface area contributed by atoms with Crippen LogP contribution in [0.1, 0.15) is 22.7 Å².